The third kappa shape index (κ3) is 1.82. The second-order valence-corrected chi connectivity index (χ2v) is 3.09. The summed E-state index contributed by atoms with van der Waals surface area (Å²) in [4.78, 5) is 15.0. The molecule has 0 saturated carbocycles. The number of pyridine rings is 1. The Labute approximate surface area is 78.9 Å². The van der Waals surface area contributed by atoms with Gasteiger partial charge in [0.05, 0.1) is 7.11 Å². The molecule has 1 heterocycles. The number of nitrogens with zero attached hydrogens (tertiary/aromatic N) is 1. The van der Waals surface area contributed by atoms with Crippen LogP contribution >= 0.6 is 15.9 Å². The van der Waals surface area contributed by atoms with Crippen LogP contribution in [0.2, 0.25) is 0 Å². The summed E-state index contributed by atoms with van der Waals surface area (Å²) in [6.07, 6.45) is 0. The average molecular weight is 230 g/mol. The van der Waals surface area contributed by atoms with Gasteiger partial charge in [-0.1, -0.05) is 0 Å². The Morgan fingerprint density at radius 2 is 2.25 bits per heavy atom. The van der Waals surface area contributed by atoms with Crippen molar-refractivity contribution in [3.8, 4) is 5.88 Å². The van der Waals surface area contributed by atoms with E-state index in [1.54, 1.807) is 12.1 Å². The minimum atomic E-state index is -0.0826. The Hall–Kier alpha value is -0.900. The first-order valence-electron chi connectivity index (χ1n) is 3.36. The minimum absolute atomic E-state index is 0.0826. The summed E-state index contributed by atoms with van der Waals surface area (Å²) in [5.41, 5.74) is 0.398. The number of ether oxygens (including phenoxy) is 1. The molecule has 12 heavy (non-hydrogen) atoms. The molecule has 1 rings (SSSR count). The number of hydrogen-bond donors (Lipinski definition) is 0. The third-order valence-corrected chi connectivity index (χ3v) is 2.00. The highest BCUT2D eigenvalue weighted by Gasteiger charge is 2.07. The number of methoxy groups -OCH3 is 1. The van der Waals surface area contributed by atoms with Gasteiger partial charge < -0.3 is 4.74 Å². The molecule has 0 aliphatic carbocycles. The Morgan fingerprint density at radius 1 is 1.58 bits per heavy atom. The lowest BCUT2D eigenvalue weighted by atomic mass is 10.3. The number of halogens is 1. The van der Waals surface area contributed by atoms with E-state index in [0.29, 0.717) is 16.0 Å². The summed E-state index contributed by atoms with van der Waals surface area (Å²) in [5.74, 6) is 0.365. The lowest BCUT2D eigenvalue weighted by molar-refractivity contribution is 0.101. The molecule has 0 aliphatic heterocycles. The van der Waals surface area contributed by atoms with Gasteiger partial charge in [0, 0.05) is 17.5 Å². The molecule has 0 aromatic carbocycles. The predicted octanol–water partition coefficient (Wildman–Crippen LogP) is 2.06. The van der Waals surface area contributed by atoms with Gasteiger partial charge in [-0.2, -0.15) is 0 Å². The van der Waals surface area contributed by atoms with Crippen LogP contribution in [0.1, 0.15) is 17.4 Å². The molecule has 4 heteroatoms. The van der Waals surface area contributed by atoms with Crippen molar-refractivity contribution in [1.82, 2.24) is 4.98 Å². The highest BCUT2D eigenvalue weighted by Crippen LogP contribution is 2.18. The third-order valence-electron chi connectivity index (χ3n) is 1.36. The summed E-state index contributed by atoms with van der Waals surface area (Å²) in [7, 11) is 1.51. The first-order valence-corrected chi connectivity index (χ1v) is 4.16. The van der Waals surface area contributed by atoms with E-state index in [1.165, 1.54) is 14.0 Å². The van der Waals surface area contributed by atoms with E-state index in [4.69, 9.17) is 4.74 Å². The lowest BCUT2D eigenvalue weighted by Crippen LogP contribution is -1.99. The van der Waals surface area contributed by atoms with Crippen LogP contribution in [-0.4, -0.2) is 17.9 Å². The van der Waals surface area contributed by atoms with E-state index in [-0.39, 0.29) is 5.78 Å². The van der Waals surface area contributed by atoms with E-state index in [0.717, 1.165) is 0 Å². The Balaban J connectivity index is 3.17. The summed E-state index contributed by atoms with van der Waals surface area (Å²) in [6.45, 7) is 1.46. The van der Waals surface area contributed by atoms with Crippen LogP contribution in [0, 0.1) is 0 Å². The molecule has 0 unspecified atom stereocenters. The molecule has 3 nitrogen and oxygen atoms in total. The van der Waals surface area contributed by atoms with Gasteiger partial charge in [-0.05, 0) is 22.0 Å². The van der Waals surface area contributed by atoms with Gasteiger partial charge >= 0.3 is 0 Å². The summed E-state index contributed by atoms with van der Waals surface area (Å²) in [5, 5.41) is 0. The van der Waals surface area contributed by atoms with Gasteiger partial charge in [-0.25, -0.2) is 4.98 Å². The molecule has 0 aliphatic rings. The van der Waals surface area contributed by atoms with Gasteiger partial charge in [-0.15, -0.1) is 0 Å². The molecular formula is C8H8BrNO2. The summed E-state index contributed by atoms with van der Waals surface area (Å²) < 4.78 is 5.57. The van der Waals surface area contributed by atoms with E-state index in [2.05, 4.69) is 20.9 Å². The molecular weight excluding hydrogens is 222 g/mol. The number of carbonyl (C=O) groups is 1. The van der Waals surface area contributed by atoms with Crippen molar-refractivity contribution in [1.29, 1.82) is 0 Å². The number of hydrogen-bond acceptors (Lipinski definition) is 3. The van der Waals surface area contributed by atoms with Crippen molar-refractivity contribution in [2.24, 2.45) is 0 Å². The van der Waals surface area contributed by atoms with Crippen LogP contribution in [0.4, 0.5) is 0 Å². The topological polar surface area (TPSA) is 39.2 Å². The van der Waals surface area contributed by atoms with Gasteiger partial charge in [0.15, 0.2) is 5.78 Å². The van der Waals surface area contributed by atoms with Gasteiger partial charge in [-0.3, -0.25) is 4.79 Å². The fourth-order valence-corrected chi connectivity index (χ4v) is 1.28. The second kappa shape index (κ2) is 3.67. The summed E-state index contributed by atoms with van der Waals surface area (Å²) >= 11 is 3.22. The highest BCUT2D eigenvalue weighted by molar-refractivity contribution is 9.10. The van der Waals surface area contributed by atoms with Crippen molar-refractivity contribution in [3.63, 3.8) is 0 Å². The van der Waals surface area contributed by atoms with Crippen molar-refractivity contribution in [2.75, 3.05) is 7.11 Å². The lowest BCUT2D eigenvalue weighted by Gasteiger charge is -2.01. The second-order valence-electron chi connectivity index (χ2n) is 2.24. The van der Waals surface area contributed by atoms with E-state index in [9.17, 15) is 4.79 Å². The number of Topliss-reactive ketones (excluding diaryl/α,β-unsaturated/α-hetero) is 1. The van der Waals surface area contributed by atoms with Crippen LogP contribution in [0.25, 0.3) is 0 Å². The molecule has 0 radical (unpaired) electrons. The zero-order valence-corrected chi connectivity index (χ0v) is 8.38. The average Bonchev–Trinajstić information content (AvgIpc) is 2.05. The summed E-state index contributed by atoms with van der Waals surface area (Å²) in [6, 6.07) is 3.43. The Morgan fingerprint density at radius 3 is 2.75 bits per heavy atom. The molecule has 64 valence electrons. The Bertz CT molecular complexity index is 312. The van der Waals surface area contributed by atoms with Crippen molar-refractivity contribution in [2.45, 2.75) is 6.92 Å². The molecule has 0 bridgehead atoms. The smallest absolute Gasteiger partial charge is 0.213 e. The first-order chi connectivity index (χ1) is 5.65. The van der Waals surface area contributed by atoms with Crippen LogP contribution in [0.3, 0.4) is 0 Å². The maximum atomic E-state index is 11.0. The zero-order valence-electron chi connectivity index (χ0n) is 6.80. The normalized spacial score (nSPS) is 9.58. The molecule has 0 amide bonds. The van der Waals surface area contributed by atoms with E-state index in [1.807, 2.05) is 0 Å². The molecule has 0 spiro atoms. The van der Waals surface area contributed by atoms with E-state index >= 15 is 0 Å². The maximum Gasteiger partial charge on any atom is 0.213 e. The molecule has 0 saturated heterocycles. The number of ketones is 1. The van der Waals surface area contributed by atoms with Crippen molar-refractivity contribution in [3.05, 3.63) is 22.3 Å². The molecule has 0 N–H and O–H groups in total. The van der Waals surface area contributed by atoms with Gasteiger partial charge in [0.2, 0.25) is 5.88 Å². The Kier molecular flexibility index (Phi) is 2.81. The zero-order chi connectivity index (χ0) is 9.14. The molecule has 1 aromatic rings. The molecule has 0 fully saturated rings. The largest absolute Gasteiger partial charge is 0.481 e. The fourth-order valence-electron chi connectivity index (χ4n) is 0.785. The monoisotopic (exact) mass is 229 g/mol. The quantitative estimate of drug-likeness (QED) is 0.730. The van der Waals surface area contributed by atoms with Crippen molar-refractivity contribution >= 4 is 21.7 Å². The molecule has 0 atom stereocenters. The minimum Gasteiger partial charge on any atom is -0.481 e. The molecule has 1 aromatic heterocycles. The number of carbonyl (C=O) groups excluding carboxylic acids is 1. The maximum absolute atomic E-state index is 11.0. The van der Waals surface area contributed by atoms with E-state index < -0.39 is 0 Å². The van der Waals surface area contributed by atoms with Crippen molar-refractivity contribution < 1.29 is 9.53 Å². The van der Waals surface area contributed by atoms with Gasteiger partial charge in [0.25, 0.3) is 0 Å². The van der Waals surface area contributed by atoms with Crippen LogP contribution in [0.5, 0.6) is 5.88 Å². The SMILES string of the molecule is COc1ccc(Br)c(C(C)=O)n1. The number of aromatic nitrogens is 1. The first kappa shape index (κ1) is 9.19. The standard InChI is InChI=1S/C8H8BrNO2/c1-5(11)8-6(9)3-4-7(10-8)12-2/h3-4H,1-2H3. The predicted molar refractivity (Wildman–Crippen MR) is 48.5 cm³/mol. The number of rotatable bonds is 2. The highest BCUT2D eigenvalue weighted by atomic mass is 79.9. The van der Waals surface area contributed by atoms with Gasteiger partial charge in [0.1, 0.15) is 5.69 Å². The fraction of sp³-hybridized carbons (Fsp3) is 0.250. The van der Waals surface area contributed by atoms with Crippen LogP contribution in [0.15, 0.2) is 16.6 Å². The van der Waals surface area contributed by atoms with Crippen LogP contribution in [-0.2, 0) is 0 Å². The van der Waals surface area contributed by atoms with Crippen LogP contribution < -0.4 is 4.74 Å².